The van der Waals surface area contributed by atoms with Crippen molar-refractivity contribution >= 4 is 17.6 Å². The molecule has 0 fully saturated rings. The van der Waals surface area contributed by atoms with E-state index in [1.54, 1.807) is 12.1 Å². The monoisotopic (exact) mass is 392 g/mol. The fourth-order valence-corrected chi connectivity index (χ4v) is 2.83. The second kappa shape index (κ2) is 7.50. The van der Waals surface area contributed by atoms with E-state index < -0.39 is 5.97 Å². The van der Waals surface area contributed by atoms with Gasteiger partial charge in [0.15, 0.2) is 0 Å². The zero-order valence-corrected chi connectivity index (χ0v) is 17.1. The Morgan fingerprint density at radius 2 is 1.79 bits per heavy atom. The van der Waals surface area contributed by atoms with Crippen molar-refractivity contribution < 1.29 is 14.7 Å². The van der Waals surface area contributed by atoms with Crippen molar-refractivity contribution in [3.63, 3.8) is 0 Å². The summed E-state index contributed by atoms with van der Waals surface area (Å²) in [7, 11) is 0. The van der Waals surface area contributed by atoms with Gasteiger partial charge in [0.05, 0.1) is 28.8 Å². The number of nitrogens with zero attached hydrogens (tertiary/aromatic N) is 3. The molecule has 0 aliphatic carbocycles. The number of aromatic carboxylic acids is 1. The van der Waals surface area contributed by atoms with Gasteiger partial charge >= 0.3 is 5.97 Å². The Bertz CT molecular complexity index is 1090. The number of carbonyl (C=O) groups is 2. The largest absolute Gasteiger partial charge is 0.478 e. The van der Waals surface area contributed by atoms with Crippen molar-refractivity contribution in [1.82, 2.24) is 14.8 Å². The molecule has 3 aromatic rings. The molecule has 0 bridgehead atoms. The van der Waals surface area contributed by atoms with Crippen LogP contribution >= 0.6 is 0 Å². The average molecular weight is 392 g/mol. The number of hydrogen-bond acceptors (Lipinski definition) is 4. The molecule has 29 heavy (non-hydrogen) atoms. The fraction of sp³-hybridized carbons (Fsp3) is 0.273. The fourth-order valence-electron chi connectivity index (χ4n) is 2.83. The number of nitrogens with one attached hydrogen (secondary N) is 1. The minimum atomic E-state index is -1.05. The molecule has 0 unspecified atom stereocenters. The van der Waals surface area contributed by atoms with Gasteiger partial charge in [0.1, 0.15) is 0 Å². The van der Waals surface area contributed by atoms with E-state index >= 15 is 0 Å². The lowest BCUT2D eigenvalue weighted by Crippen LogP contribution is -2.17. The van der Waals surface area contributed by atoms with Crippen LogP contribution < -0.4 is 5.32 Å². The molecular weight excluding hydrogens is 368 g/mol. The van der Waals surface area contributed by atoms with Gasteiger partial charge in [-0.05, 0) is 48.6 Å². The number of amides is 1. The van der Waals surface area contributed by atoms with E-state index in [0.29, 0.717) is 16.9 Å². The van der Waals surface area contributed by atoms with Crippen molar-refractivity contribution in [2.45, 2.75) is 40.0 Å². The van der Waals surface area contributed by atoms with Gasteiger partial charge in [-0.15, -0.1) is 0 Å². The molecule has 0 saturated carbocycles. The van der Waals surface area contributed by atoms with E-state index in [1.165, 1.54) is 17.1 Å². The molecule has 1 amide bonds. The highest BCUT2D eigenvalue weighted by atomic mass is 16.4. The third kappa shape index (κ3) is 4.34. The number of aromatic nitrogens is 3. The zero-order valence-electron chi connectivity index (χ0n) is 17.1. The maximum atomic E-state index is 12.9. The minimum absolute atomic E-state index is 0.0833. The van der Waals surface area contributed by atoms with Crippen LogP contribution in [0.1, 0.15) is 58.3 Å². The molecule has 150 valence electrons. The number of hydrogen-bond donors (Lipinski definition) is 2. The predicted octanol–water partition coefficient (Wildman–Crippen LogP) is 4.13. The van der Waals surface area contributed by atoms with Crippen molar-refractivity contribution in [3.8, 4) is 5.69 Å². The Morgan fingerprint density at radius 1 is 1.07 bits per heavy atom. The molecule has 0 radical (unpaired) electrons. The number of carboxylic acids is 1. The van der Waals surface area contributed by atoms with E-state index in [-0.39, 0.29) is 16.9 Å². The van der Waals surface area contributed by atoms with Crippen molar-refractivity contribution in [3.05, 3.63) is 70.8 Å². The van der Waals surface area contributed by atoms with Gasteiger partial charge in [-0.3, -0.25) is 9.78 Å². The summed E-state index contributed by atoms with van der Waals surface area (Å²) in [5.74, 6) is -1.32. The standard InChI is InChI=1S/C22H24N4O3/c1-13-6-7-15(8-19(13)26-12-16(10-24-26)21(28)29)20(27)25-18-9-17(22(3,4)5)11-23-14(18)2/h6-12H,1-5H3,(H,25,27)(H,28,29). The molecule has 7 nitrogen and oxygen atoms in total. The molecule has 3 rings (SSSR count). The number of rotatable bonds is 4. The predicted molar refractivity (Wildman–Crippen MR) is 111 cm³/mol. The van der Waals surface area contributed by atoms with Gasteiger partial charge in [-0.1, -0.05) is 26.8 Å². The molecule has 2 aromatic heterocycles. The van der Waals surface area contributed by atoms with Crippen LogP contribution in [0.15, 0.2) is 42.9 Å². The minimum Gasteiger partial charge on any atom is -0.478 e. The first-order valence-electron chi connectivity index (χ1n) is 9.24. The number of pyridine rings is 1. The molecule has 2 N–H and O–H groups in total. The number of carbonyl (C=O) groups excluding carboxylic acids is 1. The summed E-state index contributed by atoms with van der Waals surface area (Å²) in [4.78, 5) is 28.4. The third-order valence-corrected chi connectivity index (χ3v) is 4.75. The molecule has 2 heterocycles. The normalized spacial score (nSPS) is 11.3. The number of aryl methyl sites for hydroxylation is 2. The molecular formula is C22H24N4O3. The van der Waals surface area contributed by atoms with Crippen LogP contribution in [0.2, 0.25) is 0 Å². The Balaban J connectivity index is 1.92. The topological polar surface area (TPSA) is 97.1 Å². The van der Waals surface area contributed by atoms with Crippen LogP contribution in [0.4, 0.5) is 5.69 Å². The summed E-state index contributed by atoms with van der Waals surface area (Å²) in [6.45, 7) is 9.99. The summed E-state index contributed by atoms with van der Waals surface area (Å²) in [6.07, 6.45) is 4.53. The van der Waals surface area contributed by atoms with Crippen molar-refractivity contribution in [2.75, 3.05) is 5.32 Å². The first kappa shape index (κ1) is 20.3. The molecule has 7 heteroatoms. The van der Waals surface area contributed by atoms with E-state index in [9.17, 15) is 9.59 Å². The lowest BCUT2D eigenvalue weighted by Gasteiger charge is -2.20. The number of carboxylic acid groups (broad SMARTS) is 1. The van der Waals surface area contributed by atoms with Gasteiger partial charge in [0, 0.05) is 18.0 Å². The SMILES string of the molecule is Cc1ccc(C(=O)Nc2cc(C(C)(C)C)cnc2C)cc1-n1cc(C(=O)O)cn1. The highest BCUT2D eigenvalue weighted by Crippen LogP contribution is 2.26. The van der Waals surface area contributed by atoms with Crippen molar-refractivity contribution in [1.29, 1.82) is 0 Å². The van der Waals surface area contributed by atoms with Crippen molar-refractivity contribution in [2.24, 2.45) is 0 Å². The van der Waals surface area contributed by atoms with Crippen LogP contribution in [0.3, 0.4) is 0 Å². The second-order valence-electron chi connectivity index (χ2n) is 8.04. The summed E-state index contributed by atoms with van der Waals surface area (Å²) in [5, 5.41) is 16.1. The van der Waals surface area contributed by atoms with Gasteiger partial charge in [0.2, 0.25) is 0 Å². The van der Waals surface area contributed by atoms with Gasteiger partial charge in [0.25, 0.3) is 5.91 Å². The summed E-state index contributed by atoms with van der Waals surface area (Å²) in [5.41, 5.74) is 4.38. The maximum absolute atomic E-state index is 12.9. The number of anilines is 1. The second-order valence-corrected chi connectivity index (χ2v) is 8.04. The highest BCUT2D eigenvalue weighted by Gasteiger charge is 2.17. The molecule has 1 aromatic carbocycles. The highest BCUT2D eigenvalue weighted by molar-refractivity contribution is 6.05. The Hall–Kier alpha value is -3.48. The van der Waals surface area contributed by atoms with E-state index in [1.807, 2.05) is 32.2 Å². The van der Waals surface area contributed by atoms with Gasteiger partial charge in [-0.2, -0.15) is 5.10 Å². The quantitative estimate of drug-likeness (QED) is 0.696. The Morgan fingerprint density at radius 3 is 2.41 bits per heavy atom. The Kier molecular flexibility index (Phi) is 5.24. The molecule has 0 aliphatic heterocycles. The van der Waals surface area contributed by atoms with Crippen LogP contribution in [0.25, 0.3) is 5.69 Å². The van der Waals surface area contributed by atoms with Crippen LogP contribution in [0.5, 0.6) is 0 Å². The molecule has 0 aliphatic rings. The summed E-state index contributed by atoms with van der Waals surface area (Å²) in [6, 6.07) is 7.18. The first-order valence-corrected chi connectivity index (χ1v) is 9.24. The smallest absolute Gasteiger partial charge is 0.338 e. The maximum Gasteiger partial charge on any atom is 0.338 e. The third-order valence-electron chi connectivity index (χ3n) is 4.75. The summed E-state index contributed by atoms with van der Waals surface area (Å²) >= 11 is 0. The van der Waals surface area contributed by atoms with Crippen LogP contribution in [0, 0.1) is 13.8 Å². The first-order chi connectivity index (χ1) is 13.6. The lowest BCUT2D eigenvalue weighted by molar-refractivity contribution is 0.0696. The molecule has 0 spiro atoms. The molecule has 0 atom stereocenters. The van der Waals surface area contributed by atoms with E-state index in [4.69, 9.17) is 5.11 Å². The molecule has 0 saturated heterocycles. The van der Waals surface area contributed by atoms with Gasteiger partial charge in [-0.25, -0.2) is 9.48 Å². The average Bonchev–Trinajstić information content (AvgIpc) is 3.13. The van der Waals surface area contributed by atoms with Crippen LogP contribution in [-0.4, -0.2) is 31.7 Å². The van der Waals surface area contributed by atoms with Crippen LogP contribution in [-0.2, 0) is 5.41 Å². The van der Waals surface area contributed by atoms with Gasteiger partial charge < -0.3 is 10.4 Å². The number of benzene rings is 1. The summed E-state index contributed by atoms with van der Waals surface area (Å²) < 4.78 is 1.46. The van der Waals surface area contributed by atoms with E-state index in [0.717, 1.165) is 16.8 Å². The lowest BCUT2D eigenvalue weighted by atomic mass is 9.88. The van der Waals surface area contributed by atoms with E-state index in [2.05, 4.69) is 36.2 Å². The zero-order chi connectivity index (χ0) is 21.3. The Labute approximate surface area is 169 Å².